The number of amides is 2. The Morgan fingerprint density at radius 2 is 1.68 bits per heavy atom. The molecule has 0 saturated carbocycles. The molecule has 3 aromatic rings. The van der Waals surface area contributed by atoms with Crippen LogP contribution < -0.4 is 10.1 Å². The van der Waals surface area contributed by atoms with Crippen molar-refractivity contribution in [2.75, 3.05) is 12.9 Å². The van der Waals surface area contributed by atoms with Gasteiger partial charge in [0.2, 0.25) is 5.91 Å². The van der Waals surface area contributed by atoms with Crippen LogP contribution in [0.5, 0.6) is 5.75 Å². The molecule has 1 N–H and O–H groups in total. The lowest BCUT2D eigenvalue weighted by Crippen LogP contribution is -2.70. The minimum atomic E-state index is -0.688. The number of allylic oxidation sites excluding steroid dienone is 1. The average molecular weight is 555 g/mol. The second-order valence-electron chi connectivity index (χ2n) is 9.51. The van der Waals surface area contributed by atoms with Crippen molar-refractivity contribution in [1.29, 1.82) is 0 Å². The summed E-state index contributed by atoms with van der Waals surface area (Å²) in [5, 5.41) is 2.51. The molecule has 0 radical (unpaired) electrons. The minimum absolute atomic E-state index is 0.0660. The SMILES string of the molecule is COc1ccc(COC(=O)C2=C(C/C=C/c3ccccc3)CS[C@@H]3[C@H](NC(=O)Cc4ccccc4)C(=O)N23)cc1. The lowest BCUT2D eigenvalue weighted by atomic mass is 10.0. The fourth-order valence-electron chi connectivity index (χ4n) is 4.67. The molecule has 5 rings (SSSR count). The lowest BCUT2D eigenvalue weighted by molar-refractivity contribution is -0.153. The molecule has 2 amide bonds. The van der Waals surface area contributed by atoms with Crippen molar-refractivity contribution < 1.29 is 23.9 Å². The maximum absolute atomic E-state index is 13.4. The monoisotopic (exact) mass is 554 g/mol. The lowest BCUT2D eigenvalue weighted by Gasteiger charge is -2.49. The van der Waals surface area contributed by atoms with Gasteiger partial charge in [0.15, 0.2) is 0 Å². The smallest absolute Gasteiger partial charge is 0.355 e. The predicted molar refractivity (Wildman–Crippen MR) is 155 cm³/mol. The summed E-state index contributed by atoms with van der Waals surface area (Å²) in [7, 11) is 1.59. The number of nitrogens with one attached hydrogen (secondary N) is 1. The van der Waals surface area contributed by atoms with Crippen LogP contribution in [-0.4, -0.2) is 47.0 Å². The Morgan fingerprint density at radius 3 is 2.38 bits per heavy atom. The standard InChI is InChI=1S/C32H30N2O5S/c1-38-26-17-15-24(16-18-26)20-39-32(37)29-25(14-8-13-22-9-4-2-5-10-22)21-40-31-28(30(36)34(29)31)33-27(35)19-23-11-6-3-7-12-23/h2-13,15-18,28,31H,14,19-21H2,1H3,(H,33,35)/b13-8+/t28-,31-/m1/s1. The van der Waals surface area contributed by atoms with E-state index in [1.165, 1.54) is 4.90 Å². The van der Waals surface area contributed by atoms with Crippen LogP contribution in [0.15, 0.2) is 102 Å². The fourth-order valence-corrected chi connectivity index (χ4v) is 6.04. The Labute approximate surface area is 237 Å². The van der Waals surface area contributed by atoms with E-state index in [0.717, 1.165) is 22.3 Å². The van der Waals surface area contributed by atoms with Gasteiger partial charge in [-0.2, -0.15) is 0 Å². The van der Waals surface area contributed by atoms with Gasteiger partial charge < -0.3 is 14.8 Å². The minimum Gasteiger partial charge on any atom is -0.497 e. The number of benzene rings is 3. The first kappa shape index (κ1) is 27.3. The van der Waals surface area contributed by atoms with E-state index in [2.05, 4.69) is 5.32 Å². The highest BCUT2D eigenvalue weighted by Crippen LogP contribution is 2.41. The summed E-state index contributed by atoms with van der Waals surface area (Å²) in [6, 6.07) is 25.9. The van der Waals surface area contributed by atoms with Crippen molar-refractivity contribution in [3.63, 3.8) is 0 Å². The van der Waals surface area contributed by atoms with E-state index < -0.39 is 12.0 Å². The van der Waals surface area contributed by atoms with Crippen molar-refractivity contribution in [3.05, 3.63) is 119 Å². The normalized spacial score (nSPS) is 18.2. The molecule has 2 aliphatic rings. The number of hydrogen-bond acceptors (Lipinski definition) is 6. The molecule has 40 heavy (non-hydrogen) atoms. The zero-order valence-corrected chi connectivity index (χ0v) is 22.9. The van der Waals surface area contributed by atoms with E-state index in [1.807, 2.05) is 84.9 Å². The Hall–Kier alpha value is -4.30. The van der Waals surface area contributed by atoms with Gasteiger partial charge >= 0.3 is 5.97 Å². The highest BCUT2D eigenvalue weighted by Gasteiger charge is 2.54. The quantitative estimate of drug-likeness (QED) is 0.288. The summed E-state index contributed by atoms with van der Waals surface area (Å²) >= 11 is 1.54. The number of hydrogen-bond donors (Lipinski definition) is 1. The highest BCUT2D eigenvalue weighted by atomic mass is 32.2. The van der Waals surface area contributed by atoms with Crippen LogP contribution in [0.3, 0.4) is 0 Å². The number of rotatable bonds is 10. The summed E-state index contributed by atoms with van der Waals surface area (Å²) in [6.45, 7) is 0.0660. The number of esters is 1. The van der Waals surface area contributed by atoms with E-state index in [4.69, 9.17) is 9.47 Å². The largest absolute Gasteiger partial charge is 0.497 e. The Bertz CT molecular complexity index is 1420. The van der Waals surface area contributed by atoms with Gasteiger partial charge in [0.1, 0.15) is 29.5 Å². The van der Waals surface area contributed by atoms with Crippen LogP contribution in [0.4, 0.5) is 0 Å². The molecule has 7 nitrogen and oxygen atoms in total. The van der Waals surface area contributed by atoms with Gasteiger partial charge in [-0.1, -0.05) is 84.9 Å². The number of methoxy groups -OCH3 is 1. The first-order valence-electron chi connectivity index (χ1n) is 13.0. The molecule has 0 spiro atoms. The van der Waals surface area contributed by atoms with Crippen LogP contribution in [-0.2, 0) is 32.1 Å². The number of thioether (sulfide) groups is 1. The van der Waals surface area contributed by atoms with Crippen molar-refractivity contribution in [3.8, 4) is 5.75 Å². The third-order valence-corrected chi connectivity index (χ3v) is 8.11. The Kier molecular flexibility index (Phi) is 8.66. The van der Waals surface area contributed by atoms with Gasteiger partial charge in [0.25, 0.3) is 5.91 Å². The van der Waals surface area contributed by atoms with E-state index >= 15 is 0 Å². The van der Waals surface area contributed by atoms with Gasteiger partial charge in [-0.15, -0.1) is 11.8 Å². The molecule has 3 aromatic carbocycles. The summed E-state index contributed by atoms with van der Waals surface area (Å²) in [5.41, 5.74) is 3.82. The first-order chi connectivity index (χ1) is 19.5. The van der Waals surface area contributed by atoms with Crippen LogP contribution in [0.1, 0.15) is 23.1 Å². The molecule has 2 atom stereocenters. The van der Waals surface area contributed by atoms with Crippen molar-refractivity contribution in [2.45, 2.75) is 30.9 Å². The topological polar surface area (TPSA) is 84.9 Å². The van der Waals surface area contributed by atoms with E-state index in [-0.39, 0.29) is 35.9 Å². The molecule has 0 unspecified atom stereocenters. The van der Waals surface area contributed by atoms with Crippen molar-refractivity contribution >= 4 is 35.6 Å². The summed E-state index contributed by atoms with van der Waals surface area (Å²) < 4.78 is 10.9. The van der Waals surface area contributed by atoms with Gasteiger partial charge in [-0.25, -0.2) is 4.79 Å². The maximum atomic E-state index is 13.4. The average Bonchev–Trinajstić information content (AvgIpc) is 2.99. The predicted octanol–water partition coefficient (Wildman–Crippen LogP) is 4.74. The number of fused-ring (bicyclic) bond motifs is 1. The molecule has 8 heteroatoms. The molecule has 2 heterocycles. The van der Waals surface area contributed by atoms with E-state index in [9.17, 15) is 14.4 Å². The number of carbonyl (C=O) groups excluding carboxylic acids is 3. The summed E-state index contributed by atoms with van der Waals surface area (Å²) in [6.07, 6.45) is 4.67. The molecule has 204 valence electrons. The molecule has 2 aliphatic heterocycles. The molecule has 0 aliphatic carbocycles. The van der Waals surface area contributed by atoms with Crippen LogP contribution in [0, 0.1) is 0 Å². The molecule has 0 aromatic heterocycles. The fraction of sp³-hybridized carbons (Fsp3) is 0.219. The molecule has 1 fully saturated rings. The number of ether oxygens (including phenoxy) is 2. The Morgan fingerprint density at radius 1 is 0.975 bits per heavy atom. The van der Waals surface area contributed by atoms with Crippen LogP contribution in [0.2, 0.25) is 0 Å². The zero-order chi connectivity index (χ0) is 27.9. The molecule has 0 bridgehead atoms. The van der Waals surface area contributed by atoms with Crippen molar-refractivity contribution in [2.24, 2.45) is 0 Å². The molecular weight excluding hydrogens is 524 g/mol. The van der Waals surface area contributed by atoms with Crippen LogP contribution >= 0.6 is 11.8 Å². The van der Waals surface area contributed by atoms with Gasteiger partial charge in [-0.05, 0) is 40.8 Å². The summed E-state index contributed by atoms with van der Waals surface area (Å²) in [4.78, 5) is 40.9. The number of carbonyl (C=O) groups is 3. The van der Waals surface area contributed by atoms with Gasteiger partial charge in [-0.3, -0.25) is 14.5 Å². The highest BCUT2D eigenvalue weighted by molar-refractivity contribution is 8.00. The first-order valence-corrected chi connectivity index (χ1v) is 14.1. The number of β-lactam (4-membered cyclic amide) rings is 1. The van der Waals surface area contributed by atoms with E-state index in [0.29, 0.717) is 17.9 Å². The number of nitrogens with zero attached hydrogens (tertiary/aromatic N) is 1. The van der Waals surface area contributed by atoms with Gasteiger partial charge in [0, 0.05) is 5.75 Å². The molecule has 1 saturated heterocycles. The maximum Gasteiger partial charge on any atom is 0.355 e. The second-order valence-corrected chi connectivity index (χ2v) is 10.6. The zero-order valence-electron chi connectivity index (χ0n) is 22.1. The molecular formula is C32H30N2O5S. The summed E-state index contributed by atoms with van der Waals surface area (Å²) in [5.74, 6) is 0.176. The van der Waals surface area contributed by atoms with Crippen LogP contribution in [0.25, 0.3) is 6.08 Å². The second kappa shape index (κ2) is 12.7. The van der Waals surface area contributed by atoms with E-state index in [1.54, 1.807) is 31.0 Å². The van der Waals surface area contributed by atoms with Gasteiger partial charge in [0.05, 0.1) is 13.5 Å². The Balaban J connectivity index is 1.31. The third-order valence-electron chi connectivity index (χ3n) is 6.77. The third kappa shape index (κ3) is 6.29. The van der Waals surface area contributed by atoms with Crippen molar-refractivity contribution in [1.82, 2.24) is 10.2 Å².